The molecule has 0 aliphatic carbocycles. The average molecular weight is 370 g/mol. The van der Waals surface area contributed by atoms with Crippen LogP contribution in [0.15, 0.2) is 36.7 Å². The van der Waals surface area contributed by atoms with Gasteiger partial charge >= 0.3 is 5.97 Å². The van der Waals surface area contributed by atoms with E-state index in [0.29, 0.717) is 18.7 Å². The molecule has 1 saturated heterocycles. The predicted octanol–water partition coefficient (Wildman–Crippen LogP) is 2.20. The number of ether oxygens (including phenoxy) is 2. The second-order valence-electron chi connectivity index (χ2n) is 6.54. The van der Waals surface area contributed by atoms with Crippen molar-refractivity contribution in [3.05, 3.63) is 58.9 Å². The number of aliphatic carboxylic acids is 1. The lowest BCUT2D eigenvalue weighted by atomic mass is 10.0. The number of benzene rings is 1. The highest BCUT2D eigenvalue weighted by molar-refractivity contribution is 5.95. The number of carbonyl (C=O) groups is 2. The Labute approximate surface area is 157 Å². The molecular formula is C20H22N2O5. The van der Waals surface area contributed by atoms with Crippen molar-refractivity contribution in [1.82, 2.24) is 9.88 Å². The van der Waals surface area contributed by atoms with Crippen LogP contribution in [-0.2, 0) is 16.1 Å². The molecule has 1 aromatic heterocycles. The molecular weight excluding hydrogens is 348 g/mol. The number of aromatic nitrogens is 1. The summed E-state index contributed by atoms with van der Waals surface area (Å²) in [4.78, 5) is 29.5. The second-order valence-corrected chi connectivity index (χ2v) is 6.54. The van der Waals surface area contributed by atoms with Gasteiger partial charge in [0.05, 0.1) is 13.2 Å². The Morgan fingerprint density at radius 3 is 2.70 bits per heavy atom. The molecule has 1 aliphatic heterocycles. The minimum Gasteiger partial charge on any atom is -0.488 e. The van der Waals surface area contributed by atoms with Gasteiger partial charge in [0.1, 0.15) is 12.4 Å². The molecule has 3 rings (SSSR count). The normalized spacial score (nSPS) is 16.8. The Morgan fingerprint density at radius 2 is 2.07 bits per heavy atom. The minimum absolute atomic E-state index is 0.0471. The summed E-state index contributed by atoms with van der Waals surface area (Å²) in [6.07, 6.45) is 2.48. The van der Waals surface area contributed by atoms with Crippen molar-refractivity contribution in [2.24, 2.45) is 0 Å². The van der Waals surface area contributed by atoms with Crippen LogP contribution in [0.1, 0.15) is 27.0 Å². The summed E-state index contributed by atoms with van der Waals surface area (Å²) in [5, 5.41) is 9.10. The topological polar surface area (TPSA) is 89.0 Å². The highest BCUT2D eigenvalue weighted by Crippen LogP contribution is 2.26. The predicted molar refractivity (Wildman–Crippen MR) is 97.8 cm³/mol. The summed E-state index contributed by atoms with van der Waals surface area (Å²) in [5.74, 6) is -0.519. The fourth-order valence-corrected chi connectivity index (χ4v) is 3.11. The van der Waals surface area contributed by atoms with Gasteiger partial charge in [-0.15, -0.1) is 0 Å². The highest BCUT2D eigenvalue weighted by Gasteiger charge is 2.29. The third-order valence-corrected chi connectivity index (χ3v) is 4.44. The maximum atomic E-state index is 12.8. The van der Waals surface area contributed by atoms with Crippen molar-refractivity contribution < 1.29 is 24.2 Å². The summed E-state index contributed by atoms with van der Waals surface area (Å²) in [7, 11) is 0. The molecule has 1 aromatic carbocycles. The second kappa shape index (κ2) is 8.18. The number of amides is 1. The number of nitrogens with zero attached hydrogens (tertiary/aromatic N) is 2. The molecule has 0 saturated carbocycles. The molecule has 1 unspecified atom stereocenters. The number of aryl methyl sites for hydroxylation is 2. The van der Waals surface area contributed by atoms with E-state index in [1.165, 1.54) is 4.90 Å². The molecule has 27 heavy (non-hydrogen) atoms. The molecule has 142 valence electrons. The van der Waals surface area contributed by atoms with E-state index in [2.05, 4.69) is 4.98 Å². The van der Waals surface area contributed by atoms with Crippen LogP contribution in [0, 0.1) is 13.8 Å². The van der Waals surface area contributed by atoms with Crippen molar-refractivity contribution in [2.75, 3.05) is 19.7 Å². The molecule has 1 N–H and O–H groups in total. The molecule has 0 bridgehead atoms. The summed E-state index contributed by atoms with van der Waals surface area (Å²) in [6.45, 7) is 4.81. The number of pyridine rings is 1. The molecule has 1 aliphatic rings. The average Bonchev–Trinajstić information content (AvgIpc) is 2.67. The van der Waals surface area contributed by atoms with Gasteiger partial charge in [0.25, 0.3) is 5.91 Å². The van der Waals surface area contributed by atoms with Gasteiger partial charge in [0.2, 0.25) is 0 Å². The number of hydrogen-bond acceptors (Lipinski definition) is 5. The summed E-state index contributed by atoms with van der Waals surface area (Å²) in [5.41, 5.74) is 3.19. The van der Waals surface area contributed by atoms with Crippen molar-refractivity contribution in [2.45, 2.75) is 26.6 Å². The first-order chi connectivity index (χ1) is 13.0. The quantitative estimate of drug-likeness (QED) is 0.868. The van der Waals surface area contributed by atoms with Crippen molar-refractivity contribution in [3.8, 4) is 5.75 Å². The van der Waals surface area contributed by atoms with E-state index < -0.39 is 12.1 Å². The largest absolute Gasteiger partial charge is 0.488 e. The van der Waals surface area contributed by atoms with Gasteiger partial charge in [-0.1, -0.05) is 6.07 Å². The van der Waals surface area contributed by atoms with Crippen LogP contribution in [0.3, 0.4) is 0 Å². The van der Waals surface area contributed by atoms with Crippen molar-refractivity contribution in [1.29, 1.82) is 0 Å². The van der Waals surface area contributed by atoms with Gasteiger partial charge in [-0.05, 0) is 43.2 Å². The fraction of sp³-hybridized carbons (Fsp3) is 0.350. The molecule has 1 atom stereocenters. The van der Waals surface area contributed by atoms with Crippen LogP contribution in [-0.4, -0.2) is 52.7 Å². The zero-order chi connectivity index (χ0) is 19.4. The van der Waals surface area contributed by atoms with E-state index in [9.17, 15) is 9.59 Å². The molecule has 0 spiro atoms. The smallest absolute Gasteiger partial charge is 0.334 e. The van der Waals surface area contributed by atoms with Gasteiger partial charge in [0, 0.05) is 30.1 Å². The lowest BCUT2D eigenvalue weighted by Gasteiger charge is -2.31. The standard InChI is InChI=1S/C20H22N2O5/c1-13-8-16(19(23)22-6-7-26-17(11-22)20(24)25)9-14(2)18(13)27-12-15-4-3-5-21-10-15/h3-5,8-10,17H,6-7,11-12H2,1-2H3,(H,24,25). The van der Waals surface area contributed by atoms with Gasteiger partial charge in [-0.2, -0.15) is 0 Å². The summed E-state index contributed by atoms with van der Waals surface area (Å²) < 4.78 is 11.1. The summed E-state index contributed by atoms with van der Waals surface area (Å²) >= 11 is 0. The third-order valence-electron chi connectivity index (χ3n) is 4.44. The first kappa shape index (κ1) is 18.8. The molecule has 1 fully saturated rings. The lowest BCUT2D eigenvalue weighted by Crippen LogP contribution is -2.48. The SMILES string of the molecule is Cc1cc(C(=O)N2CCOC(C(=O)O)C2)cc(C)c1OCc1cccnc1. The zero-order valence-corrected chi connectivity index (χ0v) is 15.3. The van der Waals surface area contributed by atoms with Crippen LogP contribution in [0.2, 0.25) is 0 Å². The van der Waals surface area contributed by atoms with E-state index >= 15 is 0 Å². The first-order valence-corrected chi connectivity index (χ1v) is 8.72. The fourth-order valence-electron chi connectivity index (χ4n) is 3.11. The monoisotopic (exact) mass is 370 g/mol. The molecule has 7 heteroatoms. The molecule has 0 radical (unpaired) electrons. The number of hydrogen-bond donors (Lipinski definition) is 1. The van der Waals surface area contributed by atoms with E-state index in [-0.39, 0.29) is 19.1 Å². The van der Waals surface area contributed by atoms with Crippen LogP contribution < -0.4 is 4.74 Å². The molecule has 1 amide bonds. The Bertz CT molecular complexity index is 815. The number of rotatable bonds is 5. The molecule has 2 heterocycles. The Kier molecular flexibility index (Phi) is 5.71. The van der Waals surface area contributed by atoms with E-state index in [0.717, 1.165) is 22.4 Å². The van der Waals surface area contributed by atoms with Crippen molar-refractivity contribution in [3.63, 3.8) is 0 Å². The Morgan fingerprint density at radius 1 is 1.33 bits per heavy atom. The maximum absolute atomic E-state index is 12.8. The Balaban J connectivity index is 1.73. The maximum Gasteiger partial charge on any atom is 0.334 e. The summed E-state index contributed by atoms with van der Waals surface area (Å²) in [6, 6.07) is 7.35. The lowest BCUT2D eigenvalue weighted by molar-refractivity contribution is -0.154. The first-order valence-electron chi connectivity index (χ1n) is 8.72. The van der Waals surface area contributed by atoms with Crippen LogP contribution in [0.5, 0.6) is 5.75 Å². The van der Waals surface area contributed by atoms with E-state index in [4.69, 9.17) is 14.6 Å². The molecule has 7 nitrogen and oxygen atoms in total. The van der Waals surface area contributed by atoms with Gasteiger partial charge in [0.15, 0.2) is 6.10 Å². The number of carboxylic acids is 1. The van der Waals surface area contributed by atoms with Gasteiger partial charge in [-0.25, -0.2) is 4.79 Å². The number of carbonyl (C=O) groups excluding carboxylic acids is 1. The zero-order valence-electron chi connectivity index (χ0n) is 15.3. The van der Waals surface area contributed by atoms with Crippen LogP contribution >= 0.6 is 0 Å². The van der Waals surface area contributed by atoms with Crippen LogP contribution in [0.4, 0.5) is 0 Å². The van der Waals surface area contributed by atoms with Gasteiger partial charge in [-0.3, -0.25) is 9.78 Å². The highest BCUT2D eigenvalue weighted by atomic mass is 16.5. The molecule has 2 aromatic rings. The Hall–Kier alpha value is -2.93. The minimum atomic E-state index is -1.06. The third kappa shape index (κ3) is 4.43. The number of morpholine rings is 1. The number of carboxylic acid groups (broad SMARTS) is 1. The van der Waals surface area contributed by atoms with Crippen molar-refractivity contribution >= 4 is 11.9 Å². The van der Waals surface area contributed by atoms with Crippen LogP contribution in [0.25, 0.3) is 0 Å². The van der Waals surface area contributed by atoms with E-state index in [1.807, 2.05) is 26.0 Å². The van der Waals surface area contributed by atoms with Gasteiger partial charge < -0.3 is 19.5 Å². The van der Waals surface area contributed by atoms with E-state index in [1.54, 1.807) is 24.5 Å².